The van der Waals surface area contributed by atoms with E-state index in [4.69, 9.17) is 14.3 Å². The van der Waals surface area contributed by atoms with Crippen molar-refractivity contribution in [2.45, 2.75) is 30.7 Å². The molecule has 2 unspecified atom stereocenters. The van der Waals surface area contributed by atoms with Crippen LogP contribution in [-0.4, -0.2) is 47.6 Å². The van der Waals surface area contributed by atoms with Crippen molar-refractivity contribution in [2.24, 2.45) is 0 Å². The fraction of sp³-hybridized carbons (Fsp3) is 0.800. The van der Waals surface area contributed by atoms with Gasteiger partial charge in [0.15, 0.2) is 5.72 Å². The summed E-state index contributed by atoms with van der Waals surface area (Å²) in [5.41, 5.74) is -0.651. The lowest BCUT2D eigenvalue weighted by Crippen LogP contribution is -2.60. The molecule has 0 saturated carbocycles. The minimum absolute atomic E-state index is 0.651. The van der Waals surface area contributed by atoms with E-state index in [1.54, 1.807) is 26.4 Å². The molecule has 0 N–H and O–H groups in total. The Morgan fingerprint density at radius 1 is 1.27 bits per heavy atom. The van der Waals surface area contributed by atoms with Crippen LogP contribution >= 0.6 is 0 Å². The van der Waals surface area contributed by atoms with Crippen LogP contribution in [0.1, 0.15) is 19.8 Å². The van der Waals surface area contributed by atoms with Crippen molar-refractivity contribution < 1.29 is 14.3 Å². The first-order chi connectivity index (χ1) is 7.10. The molecule has 0 aromatic heterocycles. The molecule has 85 valence electrons. The highest BCUT2D eigenvalue weighted by Gasteiger charge is 2.55. The number of nitrogens with zero attached hydrogens (tertiary/aromatic N) is 1. The molecule has 1 aliphatic heterocycles. The molecular formula is C10H18NO3Si. The van der Waals surface area contributed by atoms with Crippen molar-refractivity contribution in [1.82, 2.24) is 5.06 Å². The van der Waals surface area contributed by atoms with Crippen LogP contribution in [0.2, 0.25) is 0 Å². The predicted octanol–water partition coefficient (Wildman–Crippen LogP) is 1.03. The Kier molecular flexibility index (Phi) is 3.94. The highest BCUT2D eigenvalue weighted by molar-refractivity contribution is 6.17. The summed E-state index contributed by atoms with van der Waals surface area (Å²) in [6.45, 7) is 2.09. The van der Waals surface area contributed by atoms with Crippen LogP contribution in [0.3, 0.4) is 0 Å². The molecule has 4 nitrogen and oxygen atoms in total. The van der Waals surface area contributed by atoms with Crippen molar-refractivity contribution in [2.75, 3.05) is 21.3 Å². The molecule has 0 amide bonds. The second-order valence-corrected chi connectivity index (χ2v) is 4.25. The van der Waals surface area contributed by atoms with E-state index in [1.807, 2.05) is 12.3 Å². The normalized spacial score (nSPS) is 35.1. The maximum Gasteiger partial charge on any atom is 0.192 e. The van der Waals surface area contributed by atoms with Crippen molar-refractivity contribution in [3.63, 3.8) is 0 Å². The van der Waals surface area contributed by atoms with E-state index in [0.717, 1.165) is 12.8 Å². The van der Waals surface area contributed by atoms with Crippen molar-refractivity contribution >= 4 is 10.2 Å². The molecule has 0 fully saturated rings. The lowest BCUT2D eigenvalue weighted by molar-refractivity contribution is -0.291. The zero-order valence-electron chi connectivity index (χ0n) is 9.74. The van der Waals surface area contributed by atoms with Crippen molar-refractivity contribution in [3.8, 4) is 0 Å². The smallest absolute Gasteiger partial charge is 0.192 e. The van der Waals surface area contributed by atoms with Crippen LogP contribution in [0.15, 0.2) is 12.3 Å². The van der Waals surface area contributed by atoms with Gasteiger partial charge in [-0.1, -0.05) is 13.3 Å². The molecule has 2 atom stereocenters. The number of rotatable bonds is 5. The Hall–Kier alpha value is -0.363. The molecule has 1 heterocycles. The average molecular weight is 228 g/mol. The van der Waals surface area contributed by atoms with Crippen LogP contribution in [0.5, 0.6) is 0 Å². The summed E-state index contributed by atoms with van der Waals surface area (Å²) in [6.07, 6.45) is 5.45. The summed E-state index contributed by atoms with van der Waals surface area (Å²) >= 11 is 0. The van der Waals surface area contributed by atoms with Gasteiger partial charge in [-0.15, -0.1) is 0 Å². The van der Waals surface area contributed by atoms with Gasteiger partial charge in [0.1, 0.15) is 5.22 Å². The van der Waals surface area contributed by atoms with Gasteiger partial charge in [-0.2, -0.15) is 0 Å². The molecule has 0 spiro atoms. The van der Waals surface area contributed by atoms with Crippen molar-refractivity contribution in [1.29, 1.82) is 0 Å². The van der Waals surface area contributed by atoms with Gasteiger partial charge in [-0.25, -0.2) is 5.06 Å². The fourth-order valence-electron chi connectivity index (χ4n) is 2.00. The molecule has 0 bridgehead atoms. The third-order valence-electron chi connectivity index (χ3n) is 2.83. The van der Waals surface area contributed by atoms with E-state index in [9.17, 15) is 0 Å². The number of hydrogen-bond acceptors (Lipinski definition) is 4. The third kappa shape index (κ3) is 1.73. The van der Waals surface area contributed by atoms with Gasteiger partial charge in [-0.3, -0.25) is 4.84 Å². The maximum absolute atomic E-state index is 5.61. The number of hydrogen-bond donors (Lipinski definition) is 0. The van der Waals surface area contributed by atoms with Gasteiger partial charge in [0.2, 0.25) is 0 Å². The Balaban J connectivity index is 3.05. The SMILES string of the molecule is CCCC1(OC)N(OC)C=CC1([Si])OC. The summed E-state index contributed by atoms with van der Waals surface area (Å²) in [6, 6.07) is 0. The Bertz CT molecular complexity index is 249. The molecule has 0 aromatic carbocycles. The first kappa shape index (κ1) is 12.7. The quantitative estimate of drug-likeness (QED) is 0.658. The second kappa shape index (κ2) is 4.65. The molecule has 3 radical (unpaired) electrons. The highest BCUT2D eigenvalue weighted by atomic mass is 28.1. The zero-order valence-corrected chi connectivity index (χ0v) is 10.7. The lowest BCUT2D eigenvalue weighted by Gasteiger charge is -2.45. The predicted molar refractivity (Wildman–Crippen MR) is 58.1 cm³/mol. The van der Waals surface area contributed by atoms with Gasteiger partial charge in [0, 0.05) is 26.8 Å². The Morgan fingerprint density at radius 2 is 1.93 bits per heavy atom. The number of methoxy groups -OCH3 is 2. The number of ether oxygens (including phenoxy) is 2. The summed E-state index contributed by atoms with van der Waals surface area (Å²) in [5.74, 6) is 0. The van der Waals surface area contributed by atoms with Gasteiger partial charge >= 0.3 is 0 Å². The van der Waals surface area contributed by atoms with Crippen LogP contribution in [0.25, 0.3) is 0 Å². The molecule has 15 heavy (non-hydrogen) atoms. The molecule has 0 saturated heterocycles. The van der Waals surface area contributed by atoms with Crippen LogP contribution < -0.4 is 0 Å². The van der Waals surface area contributed by atoms with Gasteiger partial charge < -0.3 is 9.47 Å². The standard InChI is InChI=1S/C10H18NO3Si/c1-5-6-9(12-2)10(15,13-3)7-8-11(9)14-4/h7-8H,5-6H2,1-4H3. The molecular weight excluding hydrogens is 210 g/mol. The Labute approximate surface area is 94.6 Å². The van der Waals surface area contributed by atoms with E-state index < -0.39 is 10.9 Å². The molecule has 0 aliphatic carbocycles. The van der Waals surface area contributed by atoms with Gasteiger partial charge in [0.25, 0.3) is 0 Å². The topological polar surface area (TPSA) is 30.9 Å². The van der Waals surface area contributed by atoms with E-state index in [-0.39, 0.29) is 0 Å². The lowest BCUT2D eigenvalue weighted by atomic mass is 10.0. The van der Waals surface area contributed by atoms with Gasteiger partial charge in [-0.05, 0) is 6.08 Å². The first-order valence-corrected chi connectivity index (χ1v) is 5.48. The largest absolute Gasteiger partial charge is 0.374 e. The van der Waals surface area contributed by atoms with E-state index in [2.05, 4.69) is 17.2 Å². The average Bonchev–Trinajstić information content (AvgIpc) is 2.54. The van der Waals surface area contributed by atoms with Crippen LogP contribution in [-0.2, 0) is 14.3 Å². The highest BCUT2D eigenvalue weighted by Crippen LogP contribution is 2.40. The van der Waals surface area contributed by atoms with Crippen LogP contribution in [0, 0.1) is 0 Å². The van der Waals surface area contributed by atoms with Gasteiger partial charge in [0.05, 0.1) is 17.4 Å². The minimum atomic E-state index is -0.673. The molecule has 1 aliphatic rings. The van der Waals surface area contributed by atoms with E-state index in [1.165, 1.54) is 0 Å². The summed E-state index contributed by atoms with van der Waals surface area (Å²) in [4.78, 5) is 5.28. The summed E-state index contributed by atoms with van der Waals surface area (Å²) in [5, 5.41) is 1.00. The Morgan fingerprint density at radius 3 is 2.33 bits per heavy atom. The fourth-order valence-corrected chi connectivity index (χ4v) is 2.41. The van der Waals surface area contributed by atoms with E-state index in [0.29, 0.717) is 0 Å². The molecule has 5 heteroatoms. The zero-order chi connectivity index (χ0) is 11.5. The number of hydroxylamine groups is 2. The molecule has 0 aromatic rings. The maximum atomic E-state index is 5.61. The second-order valence-electron chi connectivity index (χ2n) is 3.50. The third-order valence-corrected chi connectivity index (χ3v) is 3.59. The summed E-state index contributed by atoms with van der Waals surface area (Å²) in [7, 11) is 8.52. The van der Waals surface area contributed by atoms with E-state index >= 15 is 0 Å². The first-order valence-electron chi connectivity index (χ1n) is 4.98. The summed E-state index contributed by atoms with van der Waals surface area (Å²) < 4.78 is 11.1. The van der Waals surface area contributed by atoms with Crippen LogP contribution in [0.4, 0.5) is 0 Å². The molecule has 1 rings (SSSR count). The monoisotopic (exact) mass is 228 g/mol. The minimum Gasteiger partial charge on any atom is -0.374 e. The van der Waals surface area contributed by atoms with Crippen molar-refractivity contribution in [3.05, 3.63) is 12.3 Å².